The van der Waals surface area contributed by atoms with Crippen LogP contribution in [0.2, 0.25) is 0 Å². The molecule has 0 fully saturated rings. The lowest BCUT2D eigenvalue weighted by atomic mass is 10.1. The second-order valence-corrected chi connectivity index (χ2v) is 9.66. The number of thiazole rings is 1. The van der Waals surface area contributed by atoms with E-state index in [0.717, 1.165) is 16.8 Å². The van der Waals surface area contributed by atoms with Crippen LogP contribution in [0.1, 0.15) is 12.5 Å². The largest absolute Gasteiger partial charge is 0.482 e. The van der Waals surface area contributed by atoms with Crippen molar-refractivity contribution in [3.05, 3.63) is 111 Å². The number of nitrogens with one attached hydrogen (secondary N) is 1. The third kappa shape index (κ3) is 4.90. The summed E-state index contributed by atoms with van der Waals surface area (Å²) in [6, 6.07) is 19.7. The van der Waals surface area contributed by atoms with E-state index in [1.54, 1.807) is 41.5 Å². The van der Waals surface area contributed by atoms with Gasteiger partial charge in [0.25, 0.3) is 11.6 Å². The van der Waals surface area contributed by atoms with Crippen LogP contribution in [0.25, 0.3) is 16.9 Å². The molecule has 198 valence electrons. The molecule has 0 spiro atoms. The van der Waals surface area contributed by atoms with E-state index in [0.29, 0.717) is 27.6 Å². The van der Waals surface area contributed by atoms with E-state index in [9.17, 15) is 14.9 Å². The summed E-state index contributed by atoms with van der Waals surface area (Å²) in [5, 5.41) is 21.2. The van der Waals surface area contributed by atoms with E-state index >= 15 is 0 Å². The molecule has 0 saturated heterocycles. The normalized spacial score (nSPS) is 13.5. The number of aromatic nitrogens is 3. The van der Waals surface area contributed by atoms with Gasteiger partial charge in [-0.15, -0.1) is 11.3 Å². The summed E-state index contributed by atoms with van der Waals surface area (Å²) in [5.74, 6) is 0.343. The summed E-state index contributed by atoms with van der Waals surface area (Å²) in [7, 11) is 0. The fourth-order valence-electron chi connectivity index (χ4n) is 4.23. The van der Waals surface area contributed by atoms with Gasteiger partial charge in [0.15, 0.2) is 6.61 Å². The maximum atomic E-state index is 11.9. The Morgan fingerprint density at radius 1 is 1.15 bits per heavy atom. The molecule has 3 aromatic carbocycles. The number of carbonyl (C=O) groups excluding carboxylic acids is 1. The van der Waals surface area contributed by atoms with Gasteiger partial charge >= 0.3 is 0 Å². The molecule has 5 aromatic rings. The lowest BCUT2D eigenvalue weighted by molar-refractivity contribution is -0.384. The number of fused-ring (bicyclic) bond motifs is 1. The van der Waals surface area contributed by atoms with Gasteiger partial charge in [0.1, 0.15) is 11.4 Å². The minimum atomic E-state index is -0.458. The smallest absolute Gasteiger partial charge is 0.294 e. The summed E-state index contributed by atoms with van der Waals surface area (Å²) in [6.45, 7) is 1.85. The van der Waals surface area contributed by atoms with Gasteiger partial charge in [-0.3, -0.25) is 14.9 Å². The fourth-order valence-corrected chi connectivity index (χ4v) is 5.07. The predicted molar refractivity (Wildman–Crippen MR) is 151 cm³/mol. The van der Waals surface area contributed by atoms with Crippen molar-refractivity contribution in [3.63, 3.8) is 0 Å². The second-order valence-electron chi connectivity index (χ2n) is 8.82. The predicted octanol–water partition coefficient (Wildman–Crippen LogP) is 5.15. The monoisotopic (exact) mass is 551 g/mol. The van der Waals surface area contributed by atoms with Crippen LogP contribution in [0.3, 0.4) is 0 Å². The highest BCUT2D eigenvalue weighted by Crippen LogP contribution is 2.33. The van der Waals surface area contributed by atoms with E-state index < -0.39 is 4.92 Å². The van der Waals surface area contributed by atoms with Gasteiger partial charge in [0.2, 0.25) is 4.80 Å². The highest BCUT2D eigenvalue weighted by molar-refractivity contribution is 7.07. The number of benzene rings is 3. The number of carbonyl (C=O) groups is 1. The molecular weight excluding hydrogens is 530 g/mol. The van der Waals surface area contributed by atoms with E-state index in [-0.39, 0.29) is 23.9 Å². The van der Waals surface area contributed by atoms with Crippen LogP contribution in [0, 0.1) is 10.1 Å². The average Bonchev–Trinajstić information content (AvgIpc) is 3.64. The maximum Gasteiger partial charge on any atom is 0.294 e. The van der Waals surface area contributed by atoms with E-state index in [4.69, 9.17) is 9.84 Å². The molecular formula is C28H21N7O4S. The van der Waals surface area contributed by atoms with Crippen molar-refractivity contribution >= 4 is 40.0 Å². The van der Waals surface area contributed by atoms with Gasteiger partial charge in [-0.05, 0) is 48.9 Å². The first-order valence-electron chi connectivity index (χ1n) is 12.2. The number of hydrogen-bond donors (Lipinski definition) is 1. The molecule has 0 bridgehead atoms. The molecule has 1 aliphatic heterocycles. The third-order valence-corrected chi connectivity index (χ3v) is 7.04. The Bertz CT molecular complexity index is 1840. The van der Waals surface area contributed by atoms with Crippen molar-refractivity contribution in [1.82, 2.24) is 14.2 Å². The Balaban J connectivity index is 1.48. The number of nitro benzene ring substituents is 1. The van der Waals surface area contributed by atoms with Crippen molar-refractivity contribution in [2.75, 3.05) is 11.9 Å². The molecule has 1 amide bonds. The minimum Gasteiger partial charge on any atom is -0.482 e. The van der Waals surface area contributed by atoms with Crippen molar-refractivity contribution in [1.29, 1.82) is 0 Å². The number of anilines is 1. The zero-order chi connectivity index (χ0) is 27.6. The Morgan fingerprint density at radius 3 is 2.75 bits per heavy atom. The number of imidazole rings is 1. The number of nitro groups is 1. The molecule has 6 rings (SSSR count). The van der Waals surface area contributed by atoms with Gasteiger partial charge in [-0.1, -0.05) is 24.3 Å². The molecule has 0 radical (unpaired) electrons. The van der Waals surface area contributed by atoms with Crippen LogP contribution >= 0.6 is 11.3 Å². The van der Waals surface area contributed by atoms with E-state index in [1.165, 1.54) is 17.4 Å². The Morgan fingerprint density at radius 2 is 1.98 bits per heavy atom. The quantitative estimate of drug-likeness (QED) is 0.177. The Kier molecular flexibility index (Phi) is 6.50. The number of ether oxygens (including phenoxy) is 1. The molecule has 0 unspecified atom stereocenters. The number of nitrogens with zero attached hydrogens (tertiary/aromatic N) is 6. The lowest BCUT2D eigenvalue weighted by Crippen LogP contribution is -2.25. The Labute approximate surface area is 231 Å². The number of amides is 1. The van der Waals surface area contributed by atoms with Gasteiger partial charge in [0.05, 0.1) is 28.3 Å². The standard InChI is InChI=1S/C28H21N7O4S/c1-18(19-6-9-21(10-7-19)33-13-12-29-17-33)32-34-25(20-8-11-26-23(14-20)30-27(36)15-39-26)16-40-28(34)31-22-4-2-3-5-24(22)35(37)38/h2-14,16-17H,15H2,1H3,(H,30,36). The lowest BCUT2D eigenvalue weighted by Gasteiger charge is -2.18. The summed E-state index contributed by atoms with van der Waals surface area (Å²) < 4.78 is 9.07. The van der Waals surface area contributed by atoms with Gasteiger partial charge in [-0.25, -0.2) is 14.7 Å². The number of para-hydroxylation sites is 2. The maximum absolute atomic E-state index is 11.9. The molecule has 40 heavy (non-hydrogen) atoms. The molecule has 12 heteroatoms. The van der Waals surface area contributed by atoms with E-state index in [1.807, 2.05) is 59.5 Å². The molecule has 0 atom stereocenters. The van der Waals surface area contributed by atoms with Crippen molar-refractivity contribution < 1.29 is 14.5 Å². The topological polar surface area (TPSA) is 129 Å². The van der Waals surface area contributed by atoms with Crippen molar-refractivity contribution in [3.8, 4) is 22.7 Å². The van der Waals surface area contributed by atoms with Crippen molar-refractivity contribution in [2.45, 2.75) is 6.92 Å². The van der Waals surface area contributed by atoms with Crippen LogP contribution in [0.5, 0.6) is 5.75 Å². The van der Waals surface area contributed by atoms with Crippen LogP contribution < -0.4 is 14.9 Å². The average molecular weight is 552 g/mol. The summed E-state index contributed by atoms with van der Waals surface area (Å²) in [4.78, 5) is 32.2. The SMILES string of the molecule is CC(=Nn1c(-c2ccc3c(c2)NC(=O)CO3)csc1=Nc1ccccc1[N+](=O)[O-])c1ccc(-n2ccnc2)cc1. The zero-order valence-electron chi connectivity index (χ0n) is 21.1. The first-order chi connectivity index (χ1) is 19.5. The summed E-state index contributed by atoms with van der Waals surface area (Å²) in [6.07, 6.45) is 5.31. The highest BCUT2D eigenvalue weighted by Gasteiger charge is 2.19. The van der Waals surface area contributed by atoms with Gasteiger partial charge in [-0.2, -0.15) is 5.10 Å². The van der Waals surface area contributed by atoms with Crippen LogP contribution in [-0.4, -0.2) is 37.4 Å². The molecule has 3 heterocycles. The van der Waals surface area contributed by atoms with E-state index in [2.05, 4.69) is 15.3 Å². The number of hydrogen-bond acceptors (Lipinski definition) is 8. The molecule has 1 aliphatic rings. The highest BCUT2D eigenvalue weighted by atomic mass is 32.1. The van der Waals surface area contributed by atoms with Crippen molar-refractivity contribution in [2.24, 2.45) is 10.1 Å². The first-order valence-corrected chi connectivity index (χ1v) is 13.0. The molecule has 1 N–H and O–H groups in total. The fraction of sp³-hybridized carbons (Fsp3) is 0.0714. The molecule has 2 aromatic heterocycles. The summed E-state index contributed by atoms with van der Waals surface area (Å²) in [5.41, 5.74) is 4.68. The van der Waals surface area contributed by atoms with Gasteiger partial charge < -0.3 is 14.6 Å². The first kappa shape index (κ1) is 24.9. The van der Waals surface area contributed by atoms with Gasteiger partial charge in [0, 0.05) is 35.1 Å². The van der Waals surface area contributed by atoms with Crippen LogP contribution in [0.4, 0.5) is 17.1 Å². The van der Waals surface area contributed by atoms with Crippen LogP contribution in [0.15, 0.2) is 101 Å². The molecule has 11 nitrogen and oxygen atoms in total. The zero-order valence-corrected chi connectivity index (χ0v) is 21.9. The third-order valence-electron chi connectivity index (χ3n) is 6.23. The Hall–Kier alpha value is -5.36. The molecule has 0 aliphatic carbocycles. The van der Waals surface area contributed by atoms with Crippen LogP contribution in [-0.2, 0) is 4.79 Å². The summed E-state index contributed by atoms with van der Waals surface area (Å²) >= 11 is 1.30. The minimum absolute atomic E-state index is 0.0349. The second kappa shape index (κ2) is 10.4. The molecule has 0 saturated carbocycles. The number of rotatable bonds is 6.